The highest BCUT2D eigenvalue weighted by Crippen LogP contribution is 2.26. The SMILES string of the molecule is C[n+]1ccccc1-c1ccc(N=C(N)[NH+]=C(N)N)cc1C#CC1=CN[C@H](C(=O)[O-])[C@H](C(=O)[O-])C1. The maximum atomic E-state index is 11.4. The minimum absolute atomic E-state index is 0.0127. The van der Waals surface area contributed by atoms with E-state index in [1.165, 1.54) is 6.20 Å². The van der Waals surface area contributed by atoms with E-state index < -0.39 is 23.9 Å². The first-order chi connectivity index (χ1) is 16.2. The number of hydrogen-bond donors (Lipinski definition) is 5. The Morgan fingerprint density at radius 2 is 1.91 bits per heavy atom. The molecular formula is C23H23N7O4. The third-order valence-corrected chi connectivity index (χ3v) is 5.05. The van der Waals surface area contributed by atoms with Crippen LogP contribution in [-0.4, -0.2) is 29.9 Å². The zero-order valence-electron chi connectivity index (χ0n) is 18.2. The molecule has 3 rings (SSSR count). The third kappa shape index (κ3) is 5.68. The van der Waals surface area contributed by atoms with Crippen LogP contribution in [0, 0.1) is 17.8 Å². The highest BCUT2D eigenvalue weighted by Gasteiger charge is 2.27. The second kappa shape index (κ2) is 10.2. The van der Waals surface area contributed by atoms with Crippen molar-refractivity contribution in [3.63, 3.8) is 0 Å². The smallest absolute Gasteiger partial charge is 0.316 e. The normalized spacial score (nSPS) is 17.4. The van der Waals surface area contributed by atoms with Gasteiger partial charge < -0.3 is 42.3 Å². The van der Waals surface area contributed by atoms with Crippen molar-refractivity contribution in [3.8, 4) is 23.1 Å². The van der Waals surface area contributed by atoms with E-state index in [2.05, 4.69) is 27.1 Å². The van der Waals surface area contributed by atoms with Crippen molar-refractivity contribution in [2.24, 2.45) is 35.2 Å². The lowest BCUT2D eigenvalue weighted by Crippen LogP contribution is -2.84. The Balaban J connectivity index is 2.06. The van der Waals surface area contributed by atoms with Gasteiger partial charge in [0.15, 0.2) is 6.20 Å². The molecule has 11 nitrogen and oxygen atoms in total. The van der Waals surface area contributed by atoms with Crippen LogP contribution in [0.15, 0.2) is 59.4 Å². The molecule has 0 unspecified atom stereocenters. The number of allylic oxidation sites excluding steroid dienone is 1. The summed E-state index contributed by atoms with van der Waals surface area (Å²) in [5.74, 6) is 1.50. The Labute approximate surface area is 195 Å². The van der Waals surface area contributed by atoms with E-state index >= 15 is 0 Å². The number of carboxylic acids is 2. The van der Waals surface area contributed by atoms with Crippen LogP contribution in [0.3, 0.4) is 0 Å². The molecule has 0 radical (unpaired) electrons. The van der Waals surface area contributed by atoms with Gasteiger partial charge in [0, 0.05) is 41.4 Å². The molecular weight excluding hydrogens is 438 g/mol. The minimum atomic E-state index is -1.52. The zero-order valence-corrected chi connectivity index (χ0v) is 18.2. The van der Waals surface area contributed by atoms with Gasteiger partial charge in [-0.25, -0.2) is 9.56 Å². The predicted octanol–water partition coefficient (Wildman–Crippen LogP) is -4.81. The van der Waals surface area contributed by atoms with Crippen molar-refractivity contribution in [1.29, 1.82) is 0 Å². The molecule has 1 aliphatic heterocycles. The molecule has 11 heteroatoms. The number of hydrogen-bond acceptors (Lipinski definition) is 6. The van der Waals surface area contributed by atoms with Crippen LogP contribution in [-0.2, 0) is 16.6 Å². The highest BCUT2D eigenvalue weighted by atomic mass is 16.4. The molecule has 1 aromatic heterocycles. The van der Waals surface area contributed by atoms with Crippen LogP contribution < -0.4 is 42.3 Å². The molecule has 0 bridgehead atoms. The molecule has 0 saturated carbocycles. The fourth-order valence-electron chi connectivity index (χ4n) is 3.45. The quantitative estimate of drug-likeness (QED) is 0.129. The van der Waals surface area contributed by atoms with Gasteiger partial charge >= 0.3 is 5.96 Å². The van der Waals surface area contributed by atoms with Crippen molar-refractivity contribution in [1.82, 2.24) is 5.32 Å². The van der Waals surface area contributed by atoms with Gasteiger partial charge in [-0.1, -0.05) is 11.8 Å². The van der Waals surface area contributed by atoms with Crippen LogP contribution in [0.4, 0.5) is 5.69 Å². The fraction of sp³-hybridized carbons (Fsp3) is 0.174. The Hall–Kier alpha value is -4.85. The number of rotatable bonds is 4. The van der Waals surface area contributed by atoms with E-state index in [1.54, 1.807) is 12.1 Å². The zero-order chi connectivity index (χ0) is 24.8. The number of benzene rings is 1. The second-order valence-corrected chi connectivity index (χ2v) is 7.52. The number of carboxylic acid groups (broad SMARTS) is 2. The highest BCUT2D eigenvalue weighted by molar-refractivity contribution is 5.82. The molecule has 0 aliphatic carbocycles. The van der Waals surface area contributed by atoms with Gasteiger partial charge in [-0.2, -0.15) is 0 Å². The molecule has 1 aliphatic rings. The lowest BCUT2D eigenvalue weighted by Gasteiger charge is -2.32. The molecule has 2 atom stereocenters. The summed E-state index contributed by atoms with van der Waals surface area (Å²) in [7, 11) is 1.89. The van der Waals surface area contributed by atoms with E-state index in [-0.39, 0.29) is 18.3 Å². The second-order valence-electron chi connectivity index (χ2n) is 7.52. The number of guanidine groups is 2. The van der Waals surface area contributed by atoms with E-state index in [1.807, 2.05) is 42.1 Å². The number of nitrogens with one attached hydrogen (secondary N) is 2. The first kappa shape index (κ1) is 23.8. The third-order valence-electron chi connectivity index (χ3n) is 5.05. The number of carbonyl (C=O) groups is 2. The maximum absolute atomic E-state index is 11.4. The van der Waals surface area contributed by atoms with Gasteiger partial charge in [0.25, 0.3) is 5.96 Å². The van der Waals surface area contributed by atoms with Gasteiger partial charge in [0.05, 0.1) is 17.6 Å². The van der Waals surface area contributed by atoms with Crippen molar-refractivity contribution < 1.29 is 29.4 Å². The summed E-state index contributed by atoms with van der Waals surface area (Å²) in [5, 5.41) is 25.1. The first-order valence-electron chi connectivity index (χ1n) is 10.1. The summed E-state index contributed by atoms with van der Waals surface area (Å²) < 4.78 is 1.92. The van der Waals surface area contributed by atoms with Crippen molar-refractivity contribution in [3.05, 3.63) is 59.9 Å². The number of pyridine rings is 1. The van der Waals surface area contributed by atoms with E-state index in [4.69, 9.17) is 17.2 Å². The van der Waals surface area contributed by atoms with Crippen LogP contribution in [0.2, 0.25) is 0 Å². The molecule has 8 N–H and O–H groups in total. The lowest BCUT2D eigenvalue weighted by atomic mass is 9.89. The van der Waals surface area contributed by atoms with E-state index in [0.29, 0.717) is 16.8 Å². The molecule has 2 heterocycles. The summed E-state index contributed by atoms with van der Waals surface area (Å²) in [6, 6.07) is 9.57. The number of nitrogens with two attached hydrogens (primary N) is 3. The average molecular weight is 461 g/mol. The maximum Gasteiger partial charge on any atom is 0.316 e. The van der Waals surface area contributed by atoms with Gasteiger partial charge in [0.1, 0.15) is 12.7 Å². The molecule has 0 saturated heterocycles. The van der Waals surface area contributed by atoms with Gasteiger partial charge in [-0.15, -0.1) is 4.99 Å². The summed E-state index contributed by atoms with van der Waals surface area (Å²) in [6.07, 6.45) is 3.15. The Morgan fingerprint density at radius 1 is 1.15 bits per heavy atom. The Kier molecular flexibility index (Phi) is 7.13. The van der Waals surface area contributed by atoms with Crippen molar-refractivity contribution in [2.75, 3.05) is 0 Å². The van der Waals surface area contributed by atoms with Gasteiger partial charge in [-0.3, -0.25) is 0 Å². The fourth-order valence-corrected chi connectivity index (χ4v) is 3.45. The van der Waals surface area contributed by atoms with Crippen LogP contribution in [0.5, 0.6) is 0 Å². The molecule has 0 fully saturated rings. The van der Waals surface area contributed by atoms with Gasteiger partial charge in [0.2, 0.25) is 5.69 Å². The first-order valence-corrected chi connectivity index (χ1v) is 10.1. The molecule has 2 aromatic rings. The molecule has 0 spiro atoms. The van der Waals surface area contributed by atoms with Crippen LogP contribution in [0.25, 0.3) is 11.3 Å². The van der Waals surface area contributed by atoms with E-state index in [0.717, 1.165) is 11.3 Å². The number of aliphatic imine (C=N–C) groups is 1. The summed E-state index contributed by atoms with van der Waals surface area (Å²) in [5.41, 5.74) is 19.7. The monoisotopic (exact) mass is 461 g/mol. The number of nitrogens with zero attached hydrogens (tertiary/aromatic N) is 2. The summed E-state index contributed by atoms with van der Waals surface area (Å²) in [4.78, 5) is 29.3. The largest absolute Gasteiger partial charge is 0.550 e. The predicted molar refractivity (Wildman–Crippen MR) is 119 cm³/mol. The standard InChI is InChI=1S/C23H23N7O4/c1-30-9-3-2-4-18(30)16-8-7-15(28-23(26)29-22(24)25)11-14(16)6-5-13-10-17(20(31)32)19(21(33)34)27-12-13/h2-4,7-9,11-12,17,19H,10H2,1H3,(H8,24,25,26,27,28,29,31,32,33,34)/t17-,19+/m1/s1. The average Bonchev–Trinajstić information content (AvgIpc) is 2.77. The minimum Gasteiger partial charge on any atom is -0.550 e. The van der Waals surface area contributed by atoms with Crippen LogP contribution >= 0.6 is 0 Å². The lowest BCUT2D eigenvalue weighted by molar-refractivity contribution is -0.660. The van der Waals surface area contributed by atoms with Crippen LogP contribution in [0.1, 0.15) is 12.0 Å². The number of aliphatic carboxylic acids is 2. The van der Waals surface area contributed by atoms with Crippen molar-refractivity contribution in [2.45, 2.75) is 12.5 Å². The summed E-state index contributed by atoms with van der Waals surface area (Å²) in [6.45, 7) is 0. The molecule has 174 valence electrons. The van der Waals surface area contributed by atoms with Gasteiger partial charge in [-0.05, 0) is 30.7 Å². The number of carbonyl (C=O) groups excluding carboxylic acids is 2. The van der Waals surface area contributed by atoms with E-state index in [9.17, 15) is 19.8 Å². The number of aryl methyl sites for hydroxylation is 1. The number of aromatic nitrogens is 1. The molecule has 1 aromatic carbocycles. The van der Waals surface area contributed by atoms with Crippen molar-refractivity contribution >= 4 is 29.5 Å². The Bertz CT molecular complexity index is 1280. The summed E-state index contributed by atoms with van der Waals surface area (Å²) >= 11 is 0. The topological polar surface area (TPSA) is 201 Å². The molecule has 0 amide bonds. The Morgan fingerprint density at radius 3 is 2.56 bits per heavy atom. The molecule has 34 heavy (non-hydrogen) atoms.